The third-order valence-corrected chi connectivity index (χ3v) is 6.32. The average Bonchev–Trinajstić information content (AvgIpc) is 2.80. The maximum Gasteiger partial charge on any atom is 0.251 e. The Balaban J connectivity index is 1.47. The second-order valence-electron chi connectivity index (χ2n) is 7.40. The normalized spacial score (nSPS) is 15.2. The lowest BCUT2D eigenvalue weighted by molar-refractivity contribution is 0.0925. The molecule has 154 valence electrons. The Labute approximate surface area is 189 Å². The first-order valence-corrected chi connectivity index (χ1v) is 10.7. The van der Waals surface area contributed by atoms with Crippen LogP contribution < -0.4 is 10.1 Å². The molecular formula is C25H18Cl2N2O2. The molecule has 2 heterocycles. The third-order valence-electron chi connectivity index (χ3n) is 5.50. The fourth-order valence-corrected chi connectivity index (χ4v) is 4.34. The van der Waals surface area contributed by atoms with Crippen molar-refractivity contribution in [1.82, 2.24) is 10.3 Å². The van der Waals surface area contributed by atoms with E-state index in [1.807, 2.05) is 60.7 Å². The summed E-state index contributed by atoms with van der Waals surface area (Å²) in [4.78, 5) is 17.5. The van der Waals surface area contributed by atoms with Gasteiger partial charge in [0.25, 0.3) is 5.91 Å². The minimum atomic E-state index is -0.122. The standard InChI is InChI=1S/C25H18Cl2N2O2/c26-20-6-3-5-19(23(20)27)24-17-9-8-16(14-15(17)10-12-28-24)25(30)29-21-11-13-31-22-7-2-1-4-18(21)22/h1-10,12,14,21H,11,13H2,(H,29,30)/t21-/m0/s1. The van der Waals surface area contributed by atoms with E-state index < -0.39 is 0 Å². The van der Waals surface area contributed by atoms with E-state index in [0.29, 0.717) is 22.2 Å². The van der Waals surface area contributed by atoms with Gasteiger partial charge in [-0.3, -0.25) is 9.78 Å². The molecule has 0 spiro atoms. The number of halogens is 2. The summed E-state index contributed by atoms with van der Waals surface area (Å²) < 4.78 is 5.69. The lowest BCUT2D eigenvalue weighted by Crippen LogP contribution is -2.32. The Bertz CT molecular complexity index is 1310. The molecule has 0 fully saturated rings. The van der Waals surface area contributed by atoms with Crippen LogP contribution in [0.3, 0.4) is 0 Å². The fourth-order valence-electron chi connectivity index (χ4n) is 3.95. The van der Waals surface area contributed by atoms with Crippen LogP contribution in [0.2, 0.25) is 10.0 Å². The zero-order chi connectivity index (χ0) is 21.4. The number of carbonyl (C=O) groups is 1. The van der Waals surface area contributed by atoms with Gasteiger partial charge in [-0.25, -0.2) is 0 Å². The Morgan fingerprint density at radius 2 is 1.90 bits per heavy atom. The molecule has 0 radical (unpaired) electrons. The van der Waals surface area contributed by atoms with Crippen LogP contribution in [-0.2, 0) is 0 Å². The highest BCUT2D eigenvalue weighted by molar-refractivity contribution is 6.43. The average molecular weight is 449 g/mol. The number of aromatic nitrogens is 1. The highest BCUT2D eigenvalue weighted by Gasteiger charge is 2.23. The Kier molecular flexibility index (Phi) is 5.26. The summed E-state index contributed by atoms with van der Waals surface area (Å²) in [6.45, 7) is 0.578. The first-order chi connectivity index (χ1) is 15.1. The van der Waals surface area contributed by atoms with Gasteiger partial charge in [0, 0.05) is 34.7 Å². The summed E-state index contributed by atoms with van der Waals surface area (Å²) in [5, 5.41) is 5.89. The summed E-state index contributed by atoms with van der Waals surface area (Å²) >= 11 is 12.6. The molecule has 0 aliphatic carbocycles. The maximum absolute atomic E-state index is 13.0. The number of carbonyl (C=O) groups excluding carboxylic acids is 1. The van der Waals surface area contributed by atoms with E-state index in [9.17, 15) is 4.79 Å². The Morgan fingerprint density at radius 3 is 2.81 bits per heavy atom. The van der Waals surface area contributed by atoms with Crippen molar-refractivity contribution in [3.63, 3.8) is 0 Å². The smallest absolute Gasteiger partial charge is 0.251 e. The molecule has 1 amide bonds. The molecule has 0 bridgehead atoms. The molecule has 0 saturated heterocycles. The molecule has 5 rings (SSSR count). The van der Waals surface area contributed by atoms with E-state index in [1.54, 1.807) is 12.3 Å². The minimum absolute atomic E-state index is 0.0774. The van der Waals surface area contributed by atoms with E-state index in [2.05, 4.69) is 10.3 Å². The second kappa shape index (κ2) is 8.22. The van der Waals surface area contributed by atoms with Gasteiger partial charge in [-0.15, -0.1) is 0 Å². The van der Waals surface area contributed by atoms with Crippen molar-refractivity contribution in [3.05, 3.63) is 94.1 Å². The van der Waals surface area contributed by atoms with Crippen LogP contribution in [0.1, 0.15) is 28.4 Å². The van der Waals surface area contributed by atoms with E-state index >= 15 is 0 Å². The van der Waals surface area contributed by atoms with Gasteiger partial charge in [-0.1, -0.05) is 59.6 Å². The van der Waals surface area contributed by atoms with Crippen LogP contribution in [0, 0.1) is 0 Å². The summed E-state index contributed by atoms with van der Waals surface area (Å²) in [5.74, 6) is 0.703. The number of pyridine rings is 1. The second-order valence-corrected chi connectivity index (χ2v) is 8.18. The lowest BCUT2D eigenvalue weighted by Gasteiger charge is -2.26. The summed E-state index contributed by atoms with van der Waals surface area (Å²) in [6, 6.07) is 20.7. The number of ether oxygens (including phenoxy) is 1. The van der Waals surface area contributed by atoms with Gasteiger partial charge in [0.1, 0.15) is 5.75 Å². The lowest BCUT2D eigenvalue weighted by atomic mass is 9.99. The van der Waals surface area contributed by atoms with Gasteiger partial charge in [-0.2, -0.15) is 0 Å². The van der Waals surface area contributed by atoms with Gasteiger partial charge >= 0.3 is 0 Å². The van der Waals surface area contributed by atoms with Crippen molar-refractivity contribution in [2.75, 3.05) is 6.61 Å². The molecule has 0 saturated carbocycles. The first kappa shape index (κ1) is 19.9. The summed E-state index contributed by atoms with van der Waals surface area (Å²) in [5.41, 5.74) is 3.09. The Morgan fingerprint density at radius 1 is 1.03 bits per heavy atom. The molecule has 1 aromatic heterocycles. The molecule has 3 aromatic carbocycles. The van der Waals surface area contributed by atoms with Gasteiger partial charge < -0.3 is 10.1 Å². The van der Waals surface area contributed by atoms with Crippen molar-refractivity contribution in [3.8, 4) is 17.0 Å². The van der Waals surface area contributed by atoms with Gasteiger partial charge in [0.2, 0.25) is 0 Å². The number of hydrogen-bond acceptors (Lipinski definition) is 3. The number of nitrogens with zero attached hydrogens (tertiary/aromatic N) is 1. The minimum Gasteiger partial charge on any atom is -0.493 e. The highest BCUT2D eigenvalue weighted by Crippen LogP contribution is 2.36. The van der Waals surface area contributed by atoms with Gasteiger partial charge in [0.05, 0.1) is 28.4 Å². The van der Waals surface area contributed by atoms with Gasteiger partial charge in [0.15, 0.2) is 0 Å². The molecule has 0 unspecified atom stereocenters. The molecule has 1 aliphatic heterocycles. The van der Waals surface area contributed by atoms with Crippen molar-refractivity contribution in [2.24, 2.45) is 0 Å². The van der Waals surface area contributed by atoms with E-state index in [0.717, 1.165) is 39.8 Å². The number of fused-ring (bicyclic) bond motifs is 2. The predicted molar refractivity (Wildman–Crippen MR) is 124 cm³/mol. The monoisotopic (exact) mass is 448 g/mol. The SMILES string of the molecule is O=C(N[C@H]1CCOc2ccccc21)c1ccc2c(-c3cccc(Cl)c3Cl)nccc2c1. The Hall–Kier alpha value is -3.08. The van der Waals surface area contributed by atoms with Crippen LogP contribution in [0.5, 0.6) is 5.75 Å². The topological polar surface area (TPSA) is 51.2 Å². The van der Waals surface area contributed by atoms with Crippen LogP contribution in [-0.4, -0.2) is 17.5 Å². The quantitative estimate of drug-likeness (QED) is 0.391. The molecule has 1 N–H and O–H groups in total. The third kappa shape index (κ3) is 3.73. The predicted octanol–water partition coefficient (Wildman–Crippen LogP) is 6.46. The van der Waals surface area contributed by atoms with E-state index in [4.69, 9.17) is 27.9 Å². The van der Waals surface area contributed by atoms with Crippen LogP contribution >= 0.6 is 23.2 Å². The maximum atomic E-state index is 13.0. The number of benzene rings is 3. The van der Waals surface area contributed by atoms with Crippen molar-refractivity contribution in [2.45, 2.75) is 12.5 Å². The van der Waals surface area contributed by atoms with Crippen molar-refractivity contribution < 1.29 is 9.53 Å². The number of para-hydroxylation sites is 1. The molecule has 4 aromatic rings. The summed E-state index contributed by atoms with van der Waals surface area (Å²) in [6.07, 6.45) is 2.45. The fraction of sp³-hybridized carbons (Fsp3) is 0.120. The van der Waals surface area contributed by atoms with E-state index in [1.165, 1.54) is 0 Å². The van der Waals surface area contributed by atoms with Crippen LogP contribution in [0.4, 0.5) is 0 Å². The molecule has 4 nitrogen and oxygen atoms in total. The van der Waals surface area contributed by atoms with Gasteiger partial charge in [-0.05, 0) is 35.7 Å². The molecule has 6 heteroatoms. The molecular weight excluding hydrogens is 431 g/mol. The van der Waals surface area contributed by atoms with Crippen LogP contribution in [0.15, 0.2) is 72.9 Å². The number of nitrogens with one attached hydrogen (secondary N) is 1. The molecule has 1 aliphatic rings. The largest absolute Gasteiger partial charge is 0.493 e. The van der Waals surface area contributed by atoms with Crippen LogP contribution in [0.25, 0.3) is 22.0 Å². The number of hydrogen-bond donors (Lipinski definition) is 1. The van der Waals surface area contributed by atoms with Crippen molar-refractivity contribution >= 4 is 39.9 Å². The number of rotatable bonds is 3. The molecule has 31 heavy (non-hydrogen) atoms. The van der Waals surface area contributed by atoms with E-state index in [-0.39, 0.29) is 11.9 Å². The highest BCUT2D eigenvalue weighted by atomic mass is 35.5. The zero-order valence-corrected chi connectivity index (χ0v) is 18.0. The summed E-state index contributed by atoms with van der Waals surface area (Å²) in [7, 11) is 0. The molecule has 1 atom stereocenters. The zero-order valence-electron chi connectivity index (χ0n) is 16.4. The van der Waals surface area contributed by atoms with Crippen molar-refractivity contribution in [1.29, 1.82) is 0 Å². The number of amides is 1. The first-order valence-electron chi connectivity index (χ1n) is 9.97.